The number of halogens is 1. The Morgan fingerprint density at radius 2 is 1.91 bits per heavy atom. The summed E-state index contributed by atoms with van der Waals surface area (Å²) in [6.45, 7) is 8.16. The molecule has 1 N–H and O–H groups in total. The second-order valence-corrected chi connectivity index (χ2v) is 7.50. The van der Waals surface area contributed by atoms with Crippen LogP contribution in [0.2, 0.25) is 0 Å². The standard InChI is InChI=1S/C17H23FN4S/c1-17(2,13-5-7-14(18)8-6-13)12-19-16-20-15(21-23-16)11-22-9-3-4-10-22/h5-8H,3-4,9-12H2,1-2H3,(H,19,20,21). The summed E-state index contributed by atoms with van der Waals surface area (Å²) in [4.78, 5) is 6.98. The average Bonchev–Trinajstić information content (AvgIpc) is 3.18. The molecule has 0 bridgehead atoms. The average molecular weight is 334 g/mol. The predicted octanol–water partition coefficient (Wildman–Crippen LogP) is 3.66. The zero-order chi connectivity index (χ0) is 16.3. The molecule has 1 saturated heterocycles. The van der Waals surface area contributed by atoms with Gasteiger partial charge in [-0.1, -0.05) is 26.0 Å². The lowest BCUT2D eigenvalue weighted by Gasteiger charge is -2.25. The van der Waals surface area contributed by atoms with Crippen molar-refractivity contribution in [3.8, 4) is 0 Å². The number of aromatic nitrogens is 2. The fourth-order valence-electron chi connectivity index (χ4n) is 2.83. The van der Waals surface area contributed by atoms with Gasteiger partial charge < -0.3 is 5.32 Å². The molecule has 6 heteroatoms. The first-order chi connectivity index (χ1) is 11.0. The molecule has 0 saturated carbocycles. The SMILES string of the molecule is CC(C)(CNc1nc(CN2CCCC2)ns1)c1ccc(F)cc1. The molecule has 23 heavy (non-hydrogen) atoms. The van der Waals surface area contributed by atoms with Gasteiger partial charge in [0.2, 0.25) is 5.13 Å². The van der Waals surface area contributed by atoms with E-state index in [4.69, 9.17) is 0 Å². The number of anilines is 1. The summed E-state index contributed by atoms with van der Waals surface area (Å²) in [6, 6.07) is 6.71. The second-order valence-electron chi connectivity index (χ2n) is 6.74. The lowest BCUT2D eigenvalue weighted by Crippen LogP contribution is -2.27. The van der Waals surface area contributed by atoms with Gasteiger partial charge in [-0.2, -0.15) is 4.37 Å². The summed E-state index contributed by atoms with van der Waals surface area (Å²) < 4.78 is 17.5. The summed E-state index contributed by atoms with van der Waals surface area (Å²) in [7, 11) is 0. The Hall–Kier alpha value is -1.53. The fourth-order valence-corrected chi connectivity index (χ4v) is 3.40. The van der Waals surface area contributed by atoms with Crippen molar-refractivity contribution in [2.45, 2.75) is 38.6 Å². The van der Waals surface area contributed by atoms with Gasteiger partial charge in [0.25, 0.3) is 0 Å². The van der Waals surface area contributed by atoms with E-state index in [0.717, 1.165) is 42.7 Å². The van der Waals surface area contributed by atoms with Crippen molar-refractivity contribution in [2.75, 3.05) is 25.0 Å². The normalized spacial score (nSPS) is 16.0. The molecule has 1 aliphatic rings. The number of nitrogens with zero attached hydrogens (tertiary/aromatic N) is 3. The molecule has 1 aromatic carbocycles. The third-order valence-corrected chi connectivity index (χ3v) is 5.05. The van der Waals surface area contributed by atoms with Crippen LogP contribution in [0.1, 0.15) is 38.1 Å². The lowest BCUT2D eigenvalue weighted by molar-refractivity contribution is 0.324. The minimum Gasteiger partial charge on any atom is -0.359 e. The molecule has 1 aromatic heterocycles. The molecule has 0 atom stereocenters. The van der Waals surface area contributed by atoms with Crippen LogP contribution in [0.25, 0.3) is 0 Å². The fraction of sp³-hybridized carbons (Fsp3) is 0.529. The highest BCUT2D eigenvalue weighted by Gasteiger charge is 2.21. The van der Waals surface area contributed by atoms with E-state index in [0.29, 0.717) is 0 Å². The Balaban J connectivity index is 1.56. The quantitative estimate of drug-likeness (QED) is 0.875. The van der Waals surface area contributed by atoms with Crippen LogP contribution in [-0.2, 0) is 12.0 Å². The van der Waals surface area contributed by atoms with Gasteiger partial charge in [-0.15, -0.1) is 0 Å². The number of likely N-dealkylation sites (tertiary alicyclic amines) is 1. The molecule has 0 amide bonds. The van der Waals surface area contributed by atoms with Gasteiger partial charge in [-0.25, -0.2) is 9.37 Å². The van der Waals surface area contributed by atoms with Crippen molar-refractivity contribution in [3.05, 3.63) is 41.5 Å². The van der Waals surface area contributed by atoms with Gasteiger partial charge in [0, 0.05) is 23.5 Å². The minimum atomic E-state index is -0.201. The number of hydrogen-bond donors (Lipinski definition) is 1. The van der Waals surface area contributed by atoms with Crippen LogP contribution < -0.4 is 5.32 Å². The van der Waals surface area contributed by atoms with E-state index in [-0.39, 0.29) is 11.2 Å². The van der Waals surface area contributed by atoms with E-state index < -0.39 is 0 Å². The molecule has 0 radical (unpaired) electrons. The Morgan fingerprint density at radius 3 is 2.61 bits per heavy atom. The highest BCUT2D eigenvalue weighted by molar-refractivity contribution is 7.09. The predicted molar refractivity (Wildman–Crippen MR) is 92.3 cm³/mol. The van der Waals surface area contributed by atoms with Gasteiger partial charge in [0.1, 0.15) is 5.82 Å². The Kier molecular flexibility index (Phi) is 4.92. The van der Waals surface area contributed by atoms with Crippen molar-refractivity contribution in [1.82, 2.24) is 14.3 Å². The molecule has 0 unspecified atom stereocenters. The summed E-state index contributed by atoms with van der Waals surface area (Å²) in [6.07, 6.45) is 2.56. The highest BCUT2D eigenvalue weighted by atomic mass is 32.1. The maximum atomic E-state index is 13.1. The summed E-state index contributed by atoms with van der Waals surface area (Å²) in [5, 5.41) is 4.23. The van der Waals surface area contributed by atoms with Crippen molar-refractivity contribution in [2.24, 2.45) is 0 Å². The van der Waals surface area contributed by atoms with E-state index in [1.54, 1.807) is 0 Å². The van der Waals surface area contributed by atoms with Crippen LogP contribution in [0.15, 0.2) is 24.3 Å². The molecule has 0 spiro atoms. The number of benzene rings is 1. The summed E-state index contributed by atoms with van der Waals surface area (Å²) >= 11 is 1.41. The van der Waals surface area contributed by atoms with Crippen LogP contribution >= 0.6 is 11.5 Å². The largest absolute Gasteiger partial charge is 0.359 e. The molecule has 0 aliphatic carbocycles. The topological polar surface area (TPSA) is 41.1 Å². The third-order valence-electron chi connectivity index (χ3n) is 4.34. The first-order valence-electron chi connectivity index (χ1n) is 8.08. The smallest absolute Gasteiger partial charge is 0.202 e. The maximum absolute atomic E-state index is 13.1. The monoisotopic (exact) mass is 334 g/mol. The van der Waals surface area contributed by atoms with Gasteiger partial charge in [-0.3, -0.25) is 4.90 Å². The van der Waals surface area contributed by atoms with Crippen LogP contribution in [0.3, 0.4) is 0 Å². The number of rotatable bonds is 6. The van der Waals surface area contributed by atoms with E-state index in [1.807, 2.05) is 12.1 Å². The molecule has 1 fully saturated rings. The highest BCUT2D eigenvalue weighted by Crippen LogP contribution is 2.24. The van der Waals surface area contributed by atoms with Crippen LogP contribution in [0.5, 0.6) is 0 Å². The second kappa shape index (κ2) is 6.93. The number of nitrogens with one attached hydrogen (secondary N) is 1. The molecule has 1 aliphatic heterocycles. The van der Waals surface area contributed by atoms with Gasteiger partial charge in [-0.05, 0) is 43.6 Å². The Morgan fingerprint density at radius 1 is 1.22 bits per heavy atom. The van der Waals surface area contributed by atoms with E-state index in [9.17, 15) is 4.39 Å². The van der Waals surface area contributed by atoms with Crippen molar-refractivity contribution < 1.29 is 4.39 Å². The molecule has 2 heterocycles. The van der Waals surface area contributed by atoms with Crippen molar-refractivity contribution >= 4 is 16.7 Å². The molecule has 4 nitrogen and oxygen atoms in total. The van der Waals surface area contributed by atoms with Gasteiger partial charge in [0.05, 0.1) is 6.54 Å². The molecular formula is C17H23FN4S. The Bertz CT molecular complexity index is 632. The summed E-state index contributed by atoms with van der Waals surface area (Å²) in [5.41, 5.74) is 1.00. The Labute approximate surface area is 140 Å². The molecule has 124 valence electrons. The molecular weight excluding hydrogens is 311 g/mol. The van der Waals surface area contributed by atoms with E-state index in [1.165, 1.54) is 36.5 Å². The van der Waals surface area contributed by atoms with Crippen LogP contribution in [0, 0.1) is 5.82 Å². The zero-order valence-electron chi connectivity index (χ0n) is 13.7. The minimum absolute atomic E-state index is 0.103. The van der Waals surface area contributed by atoms with Crippen LogP contribution in [0.4, 0.5) is 9.52 Å². The maximum Gasteiger partial charge on any atom is 0.202 e. The first-order valence-corrected chi connectivity index (χ1v) is 8.85. The van der Waals surface area contributed by atoms with Crippen molar-refractivity contribution in [1.29, 1.82) is 0 Å². The summed E-state index contributed by atoms with van der Waals surface area (Å²) in [5.74, 6) is 0.701. The van der Waals surface area contributed by atoms with E-state index >= 15 is 0 Å². The van der Waals surface area contributed by atoms with Gasteiger partial charge in [0.15, 0.2) is 5.82 Å². The van der Waals surface area contributed by atoms with Gasteiger partial charge >= 0.3 is 0 Å². The van der Waals surface area contributed by atoms with E-state index in [2.05, 4.69) is 33.4 Å². The third kappa shape index (κ3) is 4.26. The zero-order valence-corrected chi connectivity index (χ0v) is 14.5. The lowest BCUT2D eigenvalue weighted by atomic mass is 9.85. The first kappa shape index (κ1) is 16.3. The van der Waals surface area contributed by atoms with Crippen LogP contribution in [-0.4, -0.2) is 33.9 Å². The van der Waals surface area contributed by atoms with Crippen molar-refractivity contribution in [3.63, 3.8) is 0 Å². The molecule has 3 rings (SSSR count). The number of hydrogen-bond acceptors (Lipinski definition) is 5. The molecule has 2 aromatic rings.